The highest BCUT2D eigenvalue weighted by Gasteiger charge is 2.29. The Bertz CT molecular complexity index is 1400. The fourth-order valence-corrected chi connectivity index (χ4v) is 4.92. The van der Waals surface area contributed by atoms with Crippen molar-refractivity contribution in [2.24, 2.45) is 4.99 Å². The molecule has 0 saturated carbocycles. The molecule has 0 unspecified atom stereocenters. The van der Waals surface area contributed by atoms with Gasteiger partial charge in [-0.15, -0.1) is 0 Å². The standard InChI is InChI=1S/C28H28N2O6S/c1-21-13-15-25(16-14-21)37(33,34)30(20-24(28(32)36-3)17-22-9-5-4-6-10-22)26-12-8-7-11-23(26)18-29-19-27(31)35-2/h4-18H,19-20H2,1-3H3/b24-17-,29-18?. The largest absolute Gasteiger partial charge is 0.468 e. The number of sulfonamides is 1. The third-order valence-electron chi connectivity index (χ3n) is 5.39. The predicted octanol–water partition coefficient (Wildman–Crippen LogP) is 4.04. The monoisotopic (exact) mass is 520 g/mol. The van der Waals surface area contributed by atoms with Gasteiger partial charge in [0.15, 0.2) is 0 Å². The van der Waals surface area contributed by atoms with Gasteiger partial charge < -0.3 is 9.47 Å². The lowest BCUT2D eigenvalue weighted by Crippen LogP contribution is -2.35. The van der Waals surface area contributed by atoms with Gasteiger partial charge in [0.25, 0.3) is 10.0 Å². The number of methoxy groups -OCH3 is 2. The van der Waals surface area contributed by atoms with Crippen molar-refractivity contribution < 1.29 is 27.5 Å². The van der Waals surface area contributed by atoms with Gasteiger partial charge in [0.1, 0.15) is 6.54 Å². The Hall–Kier alpha value is -4.24. The maximum atomic E-state index is 14.0. The van der Waals surface area contributed by atoms with Crippen molar-refractivity contribution in [3.63, 3.8) is 0 Å². The molecule has 0 bridgehead atoms. The van der Waals surface area contributed by atoms with Crippen molar-refractivity contribution in [3.05, 3.63) is 101 Å². The molecule has 0 aliphatic heterocycles. The number of benzene rings is 3. The number of carbonyl (C=O) groups is 2. The Labute approximate surface area is 216 Å². The molecule has 0 N–H and O–H groups in total. The number of ether oxygens (including phenoxy) is 2. The second-order valence-electron chi connectivity index (χ2n) is 8.00. The number of aliphatic imine (C=N–C) groups is 1. The molecule has 0 saturated heterocycles. The first-order valence-corrected chi connectivity index (χ1v) is 12.8. The van der Waals surface area contributed by atoms with Crippen molar-refractivity contribution in [1.82, 2.24) is 0 Å². The first-order valence-electron chi connectivity index (χ1n) is 11.3. The van der Waals surface area contributed by atoms with E-state index in [1.165, 1.54) is 32.6 Å². The molecule has 0 heterocycles. The summed E-state index contributed by atoms with van der Waals surface area (Å²) in [4.78, 5) is 28.4. The van der Waals surface area contributed by atoms with Crippen LogP contribution in [0.15, 0.2) is 94.3 Å². The van der Waals surface area contributed by atoms with Crippen LogP contribution in [0.5, 0.6) is 0 Å². The molecule has 0 atom stereocenters. The minimum absolute atomic E-state index is 0.0586. The van der Waals surface area contributed by atoms with E-state index in [4.69, 9.17) is 4.74 Å². The van der Waals surface area contributed by atoms with Crippen LogP contribution in [0.2, 0.25) is 0 Å². The van der Waals surface area contributed by atoms with Gasteiger partial charge in [0.2, 0.25) is 0 Å². The third-order valence-corrected chi connectivity index (χ3v) is 7.17. The van der Waals surface area contributed by atoms with Crippen molar-refractivity contribution in [3.8, 4) is 0 Å². The summed E-state index contributed by atoms with van der Waals surface area (Å²) in [5, 5.41) is 0. The number of nitrogens with zero attached hydrogens (tertiary/aromatic N) is 2. The van der Waals surface area contributed by atoms with E-state index in [2.05, 4.69) is 9.73 Å². The minimum Gasteiger partial charge on any atom is -0.468 e. The van der Waals surface area contributed by atoms with Crippen LogP contribution >= 0.6 is 0 Å². The van der Waals surface area contributed by atoms with E-state index in [0.717, 1.165) is 9.87 Å². The van der Waals surface area contributed by atoms with Gasteiger partial charge in [0, 0.05) is 11.8 Å². The number of esters is 2. The molecule has 0 fully saturated rings. The SMILES string of the molecule is COC(=O)CN=Cc1ccccc1N(C/C(=C/c1ccccc1)C(=O)OC)S(=O)(=O)c1ccc(C)cc1. The third kappa shape index (κ3) is 7.14. The number of hydrogen-bond acceptors (Lipinski definition) is 7. The van der Waals surface area contributed by atoms with Gasteiger partial charge in [-0.1, -0.05) is 66.2 Å². The number of para-hydroxylation sites is 1. The molecule has 0 aliphatic rings. The summed E-state index contributed by atoms with van der Waals surface area (Å²) < 4.78 is 38.6. The van der Waals surface area contributed by atoms with E-state index >= 15 is 0 Å². The average molecular weight is 521 g/mol. The lowest BCUT2D eigenvalue weighted by Gasteiger charge is -2.26. The van der Waals surface area contributed by atoms with E-state index in [1.807, 2.05) is 25.1 Å². The van der Waals surface area contributed by atoms with E-state index in [1.54, 1.807) is 54.6 Å². The summed E-state index contributed by atoms with van der Waals surface area (Å²) >= 11 is 0. The lowest BCUT2D eigenvalue weighted by atomic mass is 10.1. The molecule has 8 nitrogen and oxygen atoms in total. The van der Waals surface area contributed by atoms with Crippen LogP contribution in [-0.2, 0) is 29.1 Å². The summed E-state index contributed by atoms with van der Waals surface area (Å²) in [5.41, 5.74) is 2.46. The zero-order valence-electron chi connectivity index (χ0n) is 20.8. The fraction of sp³-hybridized carbons (Fsp3) is 0.179. The normalized spacial score (nSPS) is 11.8. The Morgan fingerprint density at radius 3 is 2.19 bits per heavy atom. The summed E-state index contributed by atoms with van der Waals surface area (Å²) in [7, 11) is -1.63. The molecule has 37 heavy (non-hydrogen) atoms. The average Bonchev–Trinajstić information content (AvgIpc) is 2.91. The van der Waals surface area contributed by atoms with Crippen LogP contribution in [0.1, 0.15) is 16.7 Å². The molecule has 3 rings (SSSR count). The van der Waals surface area contributed by atoms with Crippen LogP contribution in [0.4, 0.5) is 5.69 Å². The zero-order chi connectivity index (χ0) is 26.8. The van der Waals surface area contributed by atoms with E-state index in [-0.39, 0.29) is 29.2 Å². The molecule has 3 aromatic carbocycles. The Morgan fingerprint density at radius 2 is 1.54 bits per heavy atom. The number of anilines is 1. The van der Waals surface area contributed by atoms with Gasteiger partial charge >= 0.3 is 11.9 Å². The van der Waals surface area contributed by atoms with Crippen molar-refractivity contribution in [2.75, 3.05) is 31.6 Å². The number of rotatable bonds is 10. The first kappa shape index (κ1) is 27.3. The van der Waals surface area contributed by atoms with Crippen molar-refractivity contribution in [1.29, 1.82) is 0 Å². The van der Waals surface area contributed by atoms with Crippen molar-refractivity contribution in [2.45, 2.75) is 11.8 Å². The van der Waals surface area contributed by atoms with Gasteiger partial charge in [-0.05, 0) is 36.8 Å². The molecular formula is C28H28N2O6S. The summed E-state index contributed by atoms with van der Waals surface area (Å²) in [5.74, 6) is -1.19. The maximum Gasteiger partial charge on any atom is 0.335 e. The first-order chi connectivity index (χ1) is 17.8. The second-order valence-corrected chi connectivity index (χ2v) is 9.86. The smallest absolute Gasteiger partial charge is 0.335 e. The molecule has 0 amide bonds. The molecule has 9 heteroatoms. The predicted molar refractivity (Wildman–Crippen MR) is 143 cm³/mol. The van der Waals surface area contributed by atoms with Crippen LogP contribution in [0.25, 0.3) is 6.08 Å². The summed E-state index contributed by atoms with van der Waals surface area (Å²) in [6.07, 6.45) is 3.00. The van der Waals surface area contributed by atoms with E-state index in [9.17, 15) is 18.0 Å². The summed E-state index contributed by atoms with van der Waals surface area (Å²) in [6.45, 7) is 1.33. The van der Waals surface area contributed by atoms with Gasteiger partial charge in [-0.25, -0.2) is 13.2 Å². The molecule has 0 spiro atoms. The molecule has 0 radical (unpaired) electrons. The van der Waals surface area contributed by atoms with Crippen molar-refractivity contribution >= 4 is 39.9 Å². The Morgan fingerprint density at radius 1 is 0.892 bits per heavy atom. The van der Waals surface area contributed by atoms with Crippen LogP contribution < -0.4 is 4.31 Å². The molecule has 0 aromatic heterocycles. The Balaban J connectivity index is 2.16. The number of carbonyl (C=O) groups excluding carboxylic acids is 2. The van der Waals surface area contributed by atoms with Gasteiger partial charge in [0.05, 0.1) is 36.9 Å². The lowest BCUT2D eigenvalue weighted by molar-refractivity contribution is -0.139. The number of aryl methyl sites for hydroxylation is 1. The van der Waals surface area contributed by atoms with E-state index in [0.29, 0.717) is 11.1 Å². The highest BCUT2D eigenvalue weighted by Crippen LogP contribution is 2.28. The highest BCUT2D eigenvalue weighted by molar-refractivity contribution is 7.92. The molecule has 192 valence electrons. The zero-order valence-corrected chi connectivity index (χ0v) is 21.6. The van der Waals surface area contributed by atoms with Crippen LogP contribution in [0.3, 0.4) is 0 Å². The van der Waals surface area contributed by atoms with E-state index < -0.39 is 22.0 Å². The quantitative estimate of drug-likeness (QED) is 0.227. The number of hydrogen-bond donors (Lipinski definition) is 0. The molecular weight excluding hydrogens is 492 g/mol. The summed E-state index contributed by atoms with van der Waals surface area (Å²) in [6, 6.07) is 22.2. The highest BCUT2D eigenvalue weighted by atomic mass is 32.2. The molecule has 0 aliphatic carbocycles. The van der Waals surface area contributed by atoms with Gasteiger partial charge in [-0.2, -0.15) is 0 Å². The second kappa shape index (κ2) is 12.6. The Kier molecular flexibility index (Phi) is 9.34. The van der Waals surface area contributed by atoms with Gasteiger partial charge in [-0.3, -0.25) is 14.1 Å². The topological polar surface area (TPSA) is 102 Å². The van der Waals surface area contributed by atoms with Crippen LogP contribution in [-0.4, -0.2) is 53.9 Å². The van der Waals surface area contributed by atoms with Crippen LogP contribution in [0, 0.1) is 6.92 Å². The fourth-order valence-electron chi connectivity index (χ4n) is 3.45. The minimum atomic E-state index is -4.14. The maximum absolute atomic E-state index is 14.0. The molecule has 3 aromatic rings.